The van der Waals surface area contributed by atoms with Crippen LogP contribution in [0, 0.1) is 11.7 Å². The van der Waals surface area contributed by atoms with Gasteiger partial charge in [-0.2, -0.15) is 0 Å². The molecule has 3 aromatic rings. The lowest BCUT2D eigenvalue weighted by atomic mass is 9.86. The Kier molecular flexibility index (Phi) is 10.1. The highest BCUT2D eigenvalue weighted by Gasteiger charge is 2.25. The molecule has 3 aromatic carbocycles. The molecule has 0 bridgehead atoms. The number of hydrogen-bond acceptors (Lipinski definition) is 5. The zero-order valence-corrected chi connectivity index (χ0v) is 25.7. The van der Waals surface area contributed by atoms with Gasteiger partial charge in [0.05, 0.1) is 13.2 Å². The van der Waals surface area contributed by atoms with Crippen LogP contribution in [0.15, 0.2) is 65.6 Å². The topological polar surface area (TPSA) is 56.8 Å². The quantitative estimate of drug-likeness (QED) is 0.256. The fourth-order valence-electron chi connectivity index (χ4n) is 5.58. The third-order valence-electron chi connectivity index (χ3n) is 8.34. The van der Waals surface area contributed by atoms with E-state index in [0.29, 0.717) is 36.7 Å². The Hall–Kier alpha value is -2.65. The summed E-state index contributed by atoms with van der Waals surface area (Å²) in [6.45, 7) is 10.5. The Balaban J connectivity index is 1.11. The van der Waals surface area contributed by atoms with Crippen LogP contribution < -0.4 is 9.46 Å². The summed E-state index contributed by atoms with van der Waals surface area (Å²) in [5.74, 6) is -0.272. The second kappa shape index (κ2) is 13.8. The summed E-state index contributed by atoms with van der Waals surface area (Å²) in [7, 11) is 0. The maximum absolute atomic E-state index is 14.8. The van der Waals surface area contributed by atoms with Gasteiger partial charge in [0, 0.05) is 32.3 Å². The molecule has 0 spiro atoms. The average Bonchev–Trinajstić information content (AvgIpc) is 2.97. The van der Waals surface area contributed by atoms with E-state index in [9.17, 15) is 13.3 Å². The van der Waals surface area contributed by atoms with Gasteiger partial charge in [0.25, 0.3) is 0 Å². The van der Waals surface area contributed by atoms with Crippen molar-refractivity contribution in [1.29, 1.82) is 0 Å². The number of anilines is 1. The molecular weight excluding hydrogens is 554 g/mol. The number of rotatable bonds is 10. The van der Waals surface area contributed by atoms with Crippen molar-refractivity contribution < 1.29 is 22.8 Å². The number of fused-ring (bicyclic) bond motifs is 1. The fourth-order valence-corrected chi connectivity index (χ4v) is 6.50. The van der Waals surface area contributed by atoms with Gasteiger partial charge in [-0.15, -0.1) is 0 Å². The van der Waals surface area contributed by atoms with E-state index in [-0.39, 0.29) is 23.6 Å². The van der Waals surface area contributed by atoms with Crippen LogP contribution in [-0.2, 0) is 40.9 Å². The van der Waals surface area contributed by atoms with Gasteiger partial charge in [0.2, 0.25) is 0 Å². The molecule has 1 N–H and O–H groups in total. The van der Waals surface area contributed by atoms with Crippen molar-refractivity contribution in [3.8, 4) is 5.75 Å². The number of hydrogen-bond donors (Lipinski definition) is 1. The summed E-state index contributed by atoms with van der Waals surface area (Å²) in [5, 5.41) is 0. The minimum atomic E-state index is -1.61. The van der Waals surface area contributed by atoms with Crippen molar-refractivity contribution >= 4 is 17.0 Å². The van der Waals surface area contributed by atoms with Crippen LogP contribution in [-0.4, -0.2) is 48.5 Å². The second-order valence-electron chi connectivity index (χ2n) is 12.4. The largest absolute Gasteiger partial charge is 0.588 e. The Morgan fingerprint density at radius 3 is 2.62 bits per heavy atom. The maximum atomic E-state index is 14.8. The molecule has 226 valence electrons. The van der Waals surface area contributed by atoms with Gasteiger partial charge < -0.3 is 14.0 Å². The minimum Gasteiger partial charge on any atom is -0.588 e. The first-order valence-corrected chi connectivity index (χ1v) is 16.1. The molecule has 2 aliphatic rings. The molecular formula is C34H42F2N2O3S. The SMILES string of the molecule is CC(C)(C)c1ccc(CCN2CCc3cc([S@@+]([O-])Nc4ccc(OCC[C@H]5CCOC[C@@H]5F)cc4F)ccc3C2)cc1. The van der Waals surface area contributed by atoms with E-state index in [1.807, 2.05) is 18.2 Å². The number of alkyl halides is 1. The molecule has 0 aromatic heterocycles. The van der Waals surface area contributed by atoms with E-state index in [0.717, 1.165) is 32.5 Å². The van der Waals surface area contributed by atoms with E-state index < -0.39 is 23.4 Å². The van der Waals surface area contributed by atoms with Gasteiger partial charge in [-0.05, 0) is 83.5 Å². The molecule has 2 heterocycles. The molecule has 0 radical (unpaired) electrons. The first-order chi connectivity index (χ1) is 20.2. The first-order valence-electron chi connectivity index (χ1n) is 14.9. The van der Waals surface area contributed by atoms with Gasteiger partial charge in [0.15, 0.2) is 10.7 Å². The van der Waals surface area contributed by atoms with Gasteiger partial charge in [-0.25, -0.2) is 13.5 Å². The van der Waals surface area contributed by atoms with Crippen LogP contribution in [0.25, 0.3) is 0 Å². The first kappa shape index (κ1) is 30.8. The highest BCUT2D eigenvalue weighted by Crippen LogP contribution is 2.28. The predicted molar refractivity (Wildman–Crippen MR) is 165 cm³/mol. The Morgan fingerprint density at radius 1 is 1.07 bits per heavy atom. The molecule has 5 nitrogen and oxygen atoms in total. The summed E-state index contributed by atoms with van der Waals surface area (Å²) < 4.78 is 55.4. The van der Waals surface area contributed by atoms with E-state index in [2.05, 4.69) is 54.7 Å². The van der Waals surface area contributed by atoms with E-state index >= 15 is 0 Å². The second-order valence-corrected chi connectivity index (χ2v) is 13.7. The smallest absolute Gasteiger partial charge is 0.180 e. The van der Waals surface area contributed by atoms with Crippen LogP contribution in [0.2, 0.25) is 0 Å². The zero-order valence-electron chi connectivity index (χ0n) is 24.8. The normalized spacial score (nSPS) is 20.1. The van der Waals surface area contributed by atoms with Crippen LogP contribution >= 0.6 is 0 Å². The molecule has 3 atom stereocenters. The Labute approximate surface area is 251 Å². The maximum Gasteiger partial charge on any atom is 0.180 e. The molecule has 0 amide bonds. The number of nitrogens with one attached hydrogen (secondary N) is 1. The molecule has 0 unspecified atom stereocenters. The highest BCUT2D eigenvalue weighted by atomic mass is 32.2. The van der Waals surface area contributed by atoms with Crippen LogP contribution in [0.3, 0.4) is 0 Å². The molecule has 2 aliphatic heterocycles. The number of benzene rings is 3. The summed E-state index contributed by atoms with van der Waals surface area (Å²) in [4.78, 5) is 3.09. The number of nitrogens with zero attached hydrogens (tertiary/aromatic N) is 1. The lowest BCUT2D eigenvalue weighted by Gasteiger charge is -2.29. The van der Waals surface area contributed by atoms with Crippen LogP contribution in [0.5, 0.6) is 5.75 Å². The van der Waals surface area contributed by atoms with Crippen molar-refractivity contribution in [3.63, 3.8) is 0 Å². The molecule has 0 aliphatic carbocycles. The minimum absolute atomic E-state index is 0.0943. The van der Waals surface area contributed by atoms with E-state index in [1.54, 1.807) is 6.07 Å². The van der Waals surface area contributed by atoms with Crippen molar-refractivity contribution in [2.75, 3.05) is 37.6 Å². The molecule has 42 heavy (non-hydrogen) atoms. The Bertz CT molecular complexity index is 1330. The van der Waals surface area contributed by atoms with Crippen molar-refractivity contribution in [3.05, 3.63) is 88.7 Å². The average molecular weight is 597 g/mol. The van der Waals surface area contributed by atoms with Crippen molar-refractivity contribution in [2.24, 2.45) is 5.92 Å². The molecule has 8 heteroatoms. The van der Waals surface area contributed by atoms with Gasteiger partial charge in [-0.1, -0.05) is 51.1 Å². The highest BCUT2D eigenvalue weighted by molar-refractivity contribution is 7.92. The van der Waals surface area contributed by atoms with Crippen molar-refractivity contribution in [1.82, 2.24) is 4.90 Å². The zero-order chi connectivity index (χ0) is 29.7. The van der Waals surface area contributed by atoms with E-state index in [1.165, 1.54) is 34.4 Å². The Morgan fingerprint density at radius 2 is 1.88 bits per heavy atom. The predicted octanol–water partition coefficient (Wildman–Crippen LogP) is 7.00. The van der Waals surface area contributed by atoms with Gasteiger partial charge >= 0.3 is 0 Å². The third-order valence-corrected chi connectivity index (χ3v) is 9.43. The third kappa shape index (κ3) is 8.04. The van der Waals surface area contributed by atoms with Gasteiger partial charge in [-0.3, -0.25) is 4.90 Å². The van der Waals surface area contributed by atoms with Crippen LogP contribution in [0.4, 0.5) is 14.5 Å². The van der Waals surface area contributed by atoms with E-state index in [4.69, 9.17) is 9.47 Å². The monoisotopic (exact) mass is 596 g/mol. The summed E-state index contributed by atoms with van der Waals surface area (Å²) in [5.41, 5.74) is 5.45. The lowest BCUT2D eigenvalue weighted by molar-refractivity contribution is -0.00749. The molecule has 0 saturated carbocycles. The number of ether oxygens (including phenoxy) is 2. The standard InChI is InChI=1S/C34H42F2N2O3S/c1-34(2,3)28-7-4-24(5-8-28)12-16-38-17-13-26-20-30(10-6-27(26)22-38)42(39)37-33-11-9-29(21-31(33)35)41-19-15-25-14-18-40-23-32(25)36/h4-11,20-21,25,32,37H,12-19,22-23H2,1-3H3/t25-,32+,42-/m1/s1. The fraction of sp³-hybridized carbons (Fsp3) is 0.471. The summed E-state index contributed by atoms with van der Waals surface area (Å²) in [6.07, 6.45) is 2.14. The molecule has 1 saturated heterocycles. The molecule has 5 rings (SSSR count). The van der Waals surface area contributed by atoms with Gasteiger partial charge in [0.1, 0.15) is 29.0 Å². The molecule has 1 fully saturated rings. The number of halogens is 2. The summed E-state index contributed by atoms with van der Waals surface area (Å²) >= 11 is -1.61. The summed E-state index contributed by atoms with van der Waals surface area (Å²) in [6, 6.07) is 19.3. The lowest BCUT2D eigenvalue weighted by Crippen LogP contribution is -2.32. The van der Waals surface area contributed by atoms with Crippen molar-refractivity contribution in [2.45, 2.75) is 69.5 Å². The van der Waals surface area contributed by atoms with Crippen LogP contribution in [0.1, 0.15) is 55.9 Å².